The molecule has 4 nitrogen and oxygen atoms in total. The Kier molecular flexibility index (Phi) is 6.02. The minimum Gasteiger partial charge on any atom is -0.501 e. The number of carbonyl (C=O) groups is 2. The Balaban J connectivity index is 4.32. The quantitative estimate of drug-likeness (QED) is 0.486. The monoisotopic (exact) mass is 273 g/mol. The number of rotatable bonds is 3. The van der Waals surface area contributed by atoms with Crippen molar-refractivity contribution in [2.75, 3.05) is 6.61 Å². The number of alkyl halides is 3. The lowest BCUT2D eigenvalue weighted by molar-refractivity contribution is -0.128. The predicted octanol–water partition coefficient (Wildman–Crippen LogP) is 1.94. The van der Waals surface area contributed by atoms with Crippen LogP contribution in [0.2, 0.25) is 0 Å². The molecule has 86 valence electrons. The first-order valence-corrected chi connectivity index (χ1v) is 5.13. The molecule has 0 aromatic rings. The summed E-state index contributed by atoms with van der Waals surface area (Å²) in [4.78, 5) is 22.3. The van der Waals surface area contributed by atoms with Gasteiger partial charge in [0.05, 0.1) is 12.9 Å². The van der Waals surface area contributed by atoms with E-state index in [1.807, 2.05) is 5.32 Å². The Morgan fingerprint density at radius 1 is 1.40 bits per heavy atom. The summed E-state index contributed by atoms with van der Waals surface area (Å²) in [6, 6.07) is 0. The van der Waals surface area contributed by atoms with Crippen molar-refractivity contribution in [3.05, 3.63) is 11.8 Å². The smallest absolute Gasteiger partial charge is 0.278 e. The molecule has 0 aliphatic carbocycles. The zero-order chi connectivity index (χ0) is 12.1. The van der Waals surface area contributed by atoms with E-state index in [9.17, 15) is 9.59 Å². The molecule has 0 fully saturated rings. The van der Waals surface area contributed by atoms with Crippen molar-refractivity contribution >= 4 is 46.6 Å². The molecule has 0 atom stereocenters. The highest BCUT2D eigenvalue weighted by molar-refractivity contribution is 6.76. The Morgan fingerprint density at radius 3 is 2.33 bits per heavy atom. The van der Waals surface area contributed by atoms with Crippen molar-refractivity contribution in [1.82, 2.24) is 5.32 Å². The lowest BCUT2D eigenvalue weighted by Gasteiger charge is -2.10. The maximum atomic E-state index is 11.2. The normalized spacial score (nSPS) is 12.2. The molecule has 0 saturated heterocycles. The lowest BCUT2D eigenvalue weighted by atomic mass is 10.3. The molecule has 0 heterocycles. The largest absolute Gasteiger partial charge is 0.501 e. The van der Waals surface area contributed by atoms with Crippen molar-refractivity contribution < 1.29 is 14.3 Å². The maximum Gasteiger partial charge on any atom is 0.278 e. The summed E-state index contributed by atoms with van der Waals surface area (Å²) >= 11 is 15.8. The van der Waals surface area contributed by atoms with Gasteiger partial charge < -0.3 is 4.74 Å². The summed E-state index contributed by atoms with van der Waals surface area (Å²) in [6.45, 7) is 3.65. The summed E-state index contributed by atoms with van der Waals surface area (Å²) in [5.41, 5.74) is 0.208. The molecule has 0 aliphatic heterocycles. The summed E-state index contributed by atoms with van der Waals surface area (Å²) in [5.74, 6) is -1.67. The maximum absolute atomic E-state index is 11.2. The zero-order valence-electron chi connectivity index (χ0n) is 8.14. The fourth-order valence-electron chi connectivity index (χ4n) is 0.534. The molecular weight excluding hydrogens is 264 g/mol. The van der Waals surface area contributed by atoms with Crippen molar-refractivity contribution in [2.45, 2.75) is 17.6 Å². The van der Waals surface area contributed by atoms with Gasteiger partial charge in [-0.2, -0.15) is 0 Å². The Morgan fingerprint density at radius 2 is 1.93 bits per heavy atom. The molecule has 0 bridgehead atoms. The molecule has 0 aromatic heterocycles. The number of hydrogen-bond acceptors (Lipinski definition) is 3. The van der Waals surface area contributed by atoms with Crippen LogP contribution in [0.3, 0.4) is 0 Å². The highest BCUT2D eigenvalue weighted by Gasteiger charge is 2.32. The van der Waals surface area contributed by atoms with Gasteiger partial charge in [-0.3, -0.25) is 14.9 Å². The Hall–Kier alpha value is -0.450. The van der Waals surface area contributed by atoms with E-state index in [4.69, 9.17) is 39.5 Å². The second-order valence-corrected chi connectivity index (χ2v) is 4.82. The number of halogens is 3. The minimum atomic E-state index is -2.15. The summed E-state index contributed by atoms with van der Waals surface area (Å²) in [7, 11) is 0. The van der Waals surface area contributed by atoms with Crippen LogP contribution in [-0.2, 0) is 14.3 Å². The van der Waals surface area contributed by atoms with Crippen LogP contribution < -0.4 is 5.32 Å². The number of hydrogen-bond donors (Lipinski definition) is 1. The summed E-state index contributed by atoms with van der Waals surface area (Å²) in [5, 5.41) is 1.91. The van der Waals surface area contributed by atoms with E-state index in [1.165, 1.54) is 13.2 Å². The van der Waals surface area contributed by atoms with E-state index in [1.54, 1.807) is 6.92 Å². The first kappa shape index (κ1) is 14.6. The molecule has 0 unspecified atom stereocenters. The lowest BCUT2D eigenvalue weighted by Crippen LogP contribution is -2.39. The van der Waals surface area contributed by atoms with Gasteiger partial charge in [-0.25, -0.2) is 0 Å². The van der Waals surface area contributed by atoms with Gasteiger partial charge in [0.2, 0.25) is 0 Å². The molecule has 0 spiro atoms. The van der Waals surface area contributed by atoms with Gasteiger partial charge in [-0.1, -0.05) is 34.8 Å². The van der Waals surface area contributed by atoms with Crippen molar-refractivity contribution in [3.63, 3.8) is 0 Å². The molecule has 0 aromatic carbocycles. The van der Waals surface area contributed by atoms with Gasteiger partial charge in [-0.05, 0) is 13.8 Å². The van der Waals surface area contributed by atoms with Gasteiger partial charge in [0.25, 0.3) is 15.6 Å². The third-order valence-corrected chi connectivity index (χ3v) is 1.78. The van der Waals surface area contributed by atoms with Crippen LogP contribution in [0.25, 0.3) is 0 Å². The summed E-state index contributed by atoms with van der Waals surface area (Å²) < 4.78 is 2.70. The first-order chi connectivity index (χ1) is 6.79. The second kappa shape index (κ2) is 6.20. The van der Waals surface area contributed by atoms with Crippen molar-refractivity contribution in [3.8, 4) is 0 Å². The van der Waals surface area contributed by atoms with Crippen molar-refractivity contribution in [1.29, 1.82) is 0 Å². The topological polar surface area (TPSA) is 55.4 Å². The molecule has 2 amide bonds. The average molecular weight is 275 g/mol. The van der Waals surface area contributed by atoms with E-state index in [-0.39, 0.29) is 5.57 Å². The molecule has 1 N–H and O–H groups in total. The van der Waals surface area contributed by atoms with Gasteiger partial charge in [0.1, 0.15) is 0 Å². The number of carbonyl (C=O) groups excluding carboxylic acids is 2. The van der Waals surface area contributed by atoms with Crippen LogP contribution in [0.1, 0.15) is 13.8 Å². The fourth-order valence-corrected chi connectivity index (χ4v) is 0.676. The fraction of sp³-hybridized carbons (Fsp3) is 0.500. The molecule has 0 aliphatic rings. The molecule has 0 saturated carbocycles. The average Bonchev–Trinajstić information content (AvgIpc) is 2.12. The molecule has 7 heteroatoms. The third kappa shape index (κ3) is 5.87. The Labute approximate surface area is 103 Å². The second-order valence-electron chi connectivity index (χ2n) is 2.54. The number of imide groups is 1. The van der Waals surface area contributed by atoms with Crippen LogP contribution in [0.4, 0.5) is 0 Å². The van der Waals surface area contributed by atoms with Gasteiger partial charge in [0.15, 0.2) is 0 Å². The van der Waals surface area contributed by atoms with Gasteiger partial charge in [0, 0.05) is 5.57 Å². The summed E-state index contributed by atoms with van der Waals surface area (Å²) in [6.07, 6.45) is 1.22. The molecule has 0 rings (SSSR count). The molecule has 0 radical (unpaired) electrons. The number of amides is 2. The van der Waals surface area contributed by atoms with Gasteiger partial charge >= 0.3 is 0 Å². The van der Waals surface area contributed by atoms with Gasteiger partial charge in [-0.15, -0.1) is 0 Å². The van der Waals surface area contributed by atoms with Crippen molar-refractivity contribution in [2.24, 2.45) is 0 Å². The van der Waals surface area contributed by atoms with Crippen LogP contribution in [0.5, 0.6) is 0 Å². The van der Waals surface area contributed by atoms with Crippen LogP contribution >= 0.6 is 34.8 Å². The third-order valence-electron chi connectivity index (χ3n) is 1.27. The van der Waals surface area contributed by atoms with E-state index < -0.39 is 15.6 Å². The standard InChI is InChI=1S/C8H10Cl3NO3/c1-3-15-4-5(2)6(13)12-7(14)8(9,10)11/h4H,3H2,1-2H3,(H,12,13,14)/b5-4+. The first-order valence-electron chi connectivity index (χ1n) is 4.00. The predicted molar refractivity (Wildman–Crippen MR) is 58.8 cm³/mol. The van der Waals surface area contributed by atoms with Crippen LogP contribution in [0, 0.1) is 0 Å². The van der Waals surface area contributed by atoms with E-state index in [0.29, 0.717) is 6.61 Å². The SMILES string of the molecule is CCO/C=C(\C)C(=O)NC(=O)C(Cl)(Cl)Cl. The molecular formula is C8H10Cl3NO3. The number of nitrogens with one attached hydrogen (secondary N) is 1. The minimum absolute atomic E-state index is 0.208. The van der Waals surface area contributed by atoms with E-state index in [0.717, 1.165) is 0 Å². The zero-order valence-corrected chi connectivity index (χ0v) is 10.4. The van der Waals surface area contributed by atoms with E-state index >= 15 is 0 Å². The highest BCUT2D eigenvalue weighted by Crippen LogP contribution is 2.25. The van der Waals surface area contributed by atoms with Crippen LogP contribution in [0.15, 0.2) is 11.8 Å². The Bertz CT molecular complexity index is 283. The number of ether oxygens (including phenoxy) is 1. The highest BCUT2D eigenvalue weighted by atomic mass is 35.6. The van der Waals surface area contributed by atoms with E-state index in [2.05, 4.69) is 0 Å². The molecule has 15 heavy (non-hydrogen) atoms. The van der Waals surface area contributed by atoms with Crippen LogP contribution in [-0.4, -0.2) is 22.2 Å².